The first kappa shape index (κ1) is 28.3. The number of hydrogen-bond donors (Lipinski definition) is 0. The lowest BCUT2D eigenvalue weighted by Gasteiger charge is -2.30. The number of thiazole rings is 1. The van der Waals surface area contributed by atoms with Crippen molar-refractivity contribution in [2.75, 3.05) is 31.2 Å². The van der Waals surface area contributed by atoms with Gasteiger partial charge < -0.3 is 14.4 Å². The zero-order valence-corrected chi connectivity index (χ0v) is 24.1. The average Bonchev–Trinajstić information content (AvgIpc) is 3.27. The number of non-ortho nitro benzene ring substituents is 1. The van der Waals surface area contributed by atoms with E-state index in [4.69, 9.17) is 9.47 Å². The number of aromatic nitrogens is 1. The molecular formula is C30H32N4O6S. The van der Waals surface area contributed by atoms with E-state index in [1.807, 2.05) is 19.1 Å². The molecule has 1 aromatic heterocycles. The van der Waals surface area contributed by atoms with Gasteiger partial charge in [0.1, 0.15) is 5.75 Å². The van der Waals surface area contributed by atoms with Gasteiger partial charge in [0.15, 0.2) is 4.80 Å². The van der Waals surface area contributed by atoms with Crippen LogP contribution in [0.3, 0.4) is 0 Å². The fourth-order valence-electron chi connectivity index (χ4n) is 5.36. The van der Waals surface area contributed by atoms with E-state index in [0.29, 0.717) is 44.1 Å². The van der Waals surface area contributed by atoms with Gasteiger partial charge in [-0.25, -0.2) is 9.79 Å². The van der Waals surface area contributed by atoms with E-state index < -0.39 is 16.9 Å². The third-order valence-corrected chi connectivity index (χ3v) is 8.21. The van der Waals surface area contributed by atoms with Crippen molar-refractivity contribution in [2.45, 2.75) is 46.1 Å². The fraction of sp³-hybridized carbons (Fsp3) is 0.367. The van der Waals surface area contributed by atoms with Crippen molar-refractivity contribution in [1.29, 1.82) is 0 Å². The number of ether oxygens (including phenoxy) is 2. The number of fused-ring (bicyclic) bond motifs is 1. The lowest BCUT2D eigenvalue weighted by atomic mass is 9.96. The van der Waals surface area contributed by atoms with Crippen molar-refractivity contribution >= 4 is 34.8 Å². The van der Waals surface area contributed by atoms with E-state index in [9.17, 15) is 19.7 Å². The molecule has 0 aliphatic carbocycles. The highest BCUT2D eigenvalue weighted by molar-refractivity contribution is 7.07. The molecule has 1 atom stereocenters. The molecule has 2 aromatic carbocycles. The second-order valence-corrected chi connectivity index (χ2v) is 10.9. The van der Waals surface area contributed by atoms with E-state index in [2.05, 4.69) is 9.89 Å². The van der Waals surface area contributed by atoms with E-state index in [0.717, 1.165) is 38.0 Å². The van der Waals surface area contributed by atoms with Gasteiger partial charge in [-0.3, -0.25) is 19.5 Å². The molecule has 0 bridgehead atoms. The second kappa shape index (κ2) is 12.1. The average molecular weight is 577 g/mol. The Hall–Kier alpha value is -4.25. The molecular weight excluding hydrogens is 544 g/mol. The lowest BCUT2D eigenvalue weighted by molar-refractivity contribution is -0.384. The summed E-state index contributed by atoms with van der Waals surface area (Å²) < 4.78 is 12.8. The van der Waals surface area contributed by atoms with Gasteiger partial charge in [0, 0.05) is 36.5 Å². The van der Waals surface area contributed by atoms with Crippen LogP contribution in [-0.2, 0) is 9.53 Å². The van der Waals surface area contributed by atoms with E-state index in [1.165, 1.54) is 28.0 Å². The van der Waals surface area contributed by atoms with Crippen molar-refractivity contribution in [1.82, 2.24) is 4.57 Å². The summed E-state index contributed by atoms with van der Waals surface area (Å²) in [6, 6.07) is 11.3. The van der Waals surface area contributed by atoms with Gasteiger partial charge >= 0.3 is 5.97 Å². The number of nitro groups is 1. The van der Waals surface area contributed by atoms with Crippen molar-refractivity contribution in [3.63, 3.8) is 0 Å². The molecule has 0 amide bonds. The molecule has 41 heavy (non-hydrogen) atoms. The third kappa shape index (κ3) is 5.67. The zero-order valence-electron chi connectivity index (χ0n) is 23.3. The summed E-state index contributed by atoms with van der Waals surface area (Å²) in [6.45, 7) is 7.75. The molecule has 10 nitrogen and oxygen atoms in total. The number of hydrogen-bond acceptors (Lipinski definition) is 9. The topological polar surface area (TPSA) is 116 Å². The molecule has 5 rings (SSSR count). The predicted molar refractivity (Wildman–Crippen MR) is 157 cm³/mol. The Kier molecular flexibility index (Phi) is 8.34. The normalized spacial score (nSPS) is 17.2. The number of nitrogens with zero attached hydrogens (tertiary/aromatic N) is 4. The highest BCUT2D eigenvalue weighted by Gasteiger charge is 2.33. The Balaban J connectivity index is 1.69. The maximum atomic E-state index is 14.0. The van der Waals surface area contributed by atoms with Gasteiger partial charge in [-0.15, -0.1) is 0 Å². The van der Waals surface area contributed by atoms with Crippen LogP contribution in [-0.4, -0.2) is 41.8 Å². The quantitative estimate of drug-likeness (QED) is 0.225. The molecule has 0 radical (unpaired) electrons. The van der Waals surface area contributed by atoms with E-state index in [-0.39, 0.29) is 17.9 Å². The number of allylic oxidation sites excluding steroid dienone is 1. The summed E-state index contributed by atoms with van der Waals surface area (Å²) in [5, 5.41) is 11.6. The Bertz CT molecular complexity index is 1680. The monoisotopic (exact) mass is 576 g/mol. The van der Waals surface area contributed by atoms with Gasteiger partial charge in [0.2, 0.25) is 0 Å². The van der Waals surface area contributed by atoms with Crippen LogP contribution in [0.1, 0.15) is 57.2 Å². The number of piperidine rings is 1. The van der Waals surface area contributed by atoms with Gasteiger partial charge in [-0.05, 0) is 69.9 Å². The SMILES string of the molecule is CCOC(=O)C1=C(C)N=c2s/c(=C/c3cc([N+](=O)[O-])ccc3N3CCCCC3)c(=O)n2[C@H]1c1ccc(OCC)cc1. The largest absolute Gasteiger partial charge is 0.494 e. The molecule has 1 saturated heterocycles. The Morgan fingerprint density at radius 3 is 2.51 bits per heavy atom. The maximum absolute atomic E-state index is 14.0. The number of nitro benzene ring substituents is 1. The molecule has 0 N–H and O–H groups in total. The summed E-state index contributed by atoms with van der Waals surface area (Å²) in [6.07, 6.45) is 4.93. The predicted octanol–water partition coefficient (Wildman–Crippen LogP) is 4.10. The van der Waals surface area contributed by atoms with Crippen LogP contribution < -0.4 is 24.5 Å². The minimum atomic E-state index is -0.755. The van der Waals surface area contributed by atoms with Crippen molar-refractivity contribution in [3.05, 3.63) is 94.7 Å². The lowest BCUT2D eigenvalue weighted by Crippen LogP contribution is -2.40. The molecule has 1 fully saturated rings. The van der Waals surface area contributed by atoms with Crippen LogP contribution in [0.25, 0.3) is 6.08 Å². The third-order valence-electron chi connectivity index (χ3n) is 7.23. The first-order valence-electron chi connectivity index (χ1n) is 13.8. The van der Waals surface area contributed by atoms with Gasteiger partial charge in [-0.2, -0.15) is 0 Å². The Labute approximate surface area is 241 Å². The van der Waals surface area contributed by atoms with E-state index in [1.54, 1.807) is 38.1 Å². The van der Waals surface area contributed by atoms with Crippen LogP contribution in [0, 0.1) is 10.1 Å². The number of carbonyl (C=O) groups excluding carboxylic acids is 1. The number of esters is 1. The molecule has 3 heterocycles. The van der Waals surface area contributed by atoms with Crippen molar-refractivity contribution in [3.8, 4) is 5.75 Å². The van der Waals surface area contributed by atoms with Gasteiger partial charge in [0.05, 0.1) is 40.0 Å². The van der Waals surface area contributed by atoms with Crippen LogP contribution in [0.15, 0.2) is 63.5 Å². The molecule has 214 valence electrons. The minimum absolute atomic E-state index is 0.0440. The molecule has 2 aliphatic rings. The summed E-state index contributed by atoms with van der Waals surface area (Å²) in [4.78, 5) is 45.7. The molecule has 2 aliphatic heterocycles. The number of benzene rings is 2. The molecule has 11 heteroatoms. The van der Waals surface area contributed by atoms with Crippen LogP contribution in [0.4, 0.5) is 11.4 Å². The van der Waals surface area contributed by atoms with Crippen molar-refractivity contribution < 1.29 is 19.2 Å². The number of carbonyl (C=O) groups is 1. The van der Waals surface area contributed by atoms with Gasteiger partial charge in [-0.1, -0.05) is 23.5 Å². The Morgan fingerprint density at radius 1 is 1.12 bits per heavy atom. The number of anilines is 1. The molecule has 0 saturated carbocycles. The summed E-state index contributed by atoms with van der Waals surface area (Å²) >= 11 is 1.20. The number of rotatable bonds is 8. The maximum Gasteiger partial charge on any atom is 0.338 e. The van der Waals surface area contributed by atoms with Gasteiger partial charge in [0.25, 0.3) is 11.2 Å². The first-order valence-corrected chi connectivity index (χ1v) is 14.6. The second-order valence-electron chi connectivity index (χ2n) is 9.85. The van der Waals surface area contributed by atoms with Crippen LogP contribution >= 0.6 is 11.3 Å². The Morgan fingerprint density at radius 2 is 1.85 bits per heavy atom. The van der Waals surface area contributed by atoms with Crippen LogP contribution in [0.5, 0.6) is 5.75 Å². The van der Waals surface area contributed by atoms with E-state index >= 15 is 0 Å². The van der Waals surface area contributed by atoms with Crippen LogP contribution in [0.2, 0.25) is 0 Å². The molecule has 0 unspecified atom stereocenters. The fourth-order valence-corrected chi connectivity index (χ4v) is 6.39. The summed E-state index contributed by atoms with van der Waals surface area (Å²) in [5.41, 5.74) is 2.55. The first-order chi connectivity index (χ1) is 19.8. The molecule has 0 spiro atoms. The molecule has 3 aromatic rings. The smallest absolute Gasteiger partial charge is 0.338 e. The highest BCUT2D eigenvalue weighted by Crippen LogP contribution is 2.32. The summed E-state index contributed by atoms with van der Waals surface area (Å²) in [7, 11) is 0. The van der Waals surface area contributed by atoms with Crippen molar-refractivity contribution in [2.24, 2.45) is 4.99 Å². The zero-order chi connectivity index (χ0) is 29.1. The standard InChI is InChI=1S/C30H32N4O6S/c1-4-39-23-12-9-20(10-13-23)27-26(29(36)40-5-2)19(3)31-30-33(27)28(35)25(41-30)18-21-17-22(34(37)38)11-14-24(21)32-15-7-6-8-16-32/h9-14,17-18,27H,4-8,15-16H2,1-3H3/b25-18+/t27-/m0/s1. The highest BCUT2D eigenvalue weighted by atomic mass is 32.1. The summed E-state index contributed by atoms with van der Waals surface area (Å²) in [5.74, 6) is 0.144. The minimum Gasteiger partial charge on any atom is -0.494 e.